The van der Waals surface area contributed by atoms with Gasteiger partial charge in [0.25, 0.3) is 0 Å². The van der Waals surface area contributed by atoms with E-state index in [1.165, 1.54) is 50.9 Å². The number of rotatable bonds is 6. The second-order valence-corrected chi connectivity index (χ2v) is 6.07. The summed E-state index contributed by atoms with van der Waals surface area (Å²) >= 11 is 0. The van der Waals surface area contributed by atoms with Crippen molar-refractivity contribution in [1.82, 2.24) is 15.2 Å². The topological polar surface area (TPSA) is 37.4 Å². The van der Waals surface area contributed by atoms with Crippen molar-refractivity contribution >= 4 is 0 Å². The average molecular weight is 275 g/mol. The maximum absolute atomic E-state index is 5.33. The summed E-state index contributed by atoms with van der Waals surface area (Å²) in [6.45, 7) is 4.55. The van der Waals surface area contributed by atoms with Crippen LogP contribution in [0.3, 0.4) is 0 Å². The minimum Gasteiger partial charge on any atom is -0.481 e. The maximum Gasteiger partial charge on any atom is 0.217 e. The Labute approximate surface area is 121 Å². The van der Waals surface area contributed by atoms with E-state index in [-0.39, 0.29) is 0 Å². The van der Waals surface area contributed by atoms with E-state index in [0.717, 1.165) is 24.4 Å². The highest BCUT2D eigenvalue weighted by atomic mass is 16.5. The Morgan fingerprint density at radius 2 is 2.10 bits per heavy atom. The Morgan fingerprint density at radius 1 is 1.30 bits per heavy atom. The van der Waals surface area contributed by atoms with E-state index >= 15 is 0 Å². The zero-order valence-corrected chi connectivity index (χ0v) is 12.3. The molecule has 2 aliphatic rings. The van der Waals surface area contributed by atoms with Gasteiger partial charge in [-0.15, -0.1) is 0 Å². The third-order valence-electron chi connectivity index (χ3n) is 4.42. The van der Waals surface area contributed by atoms with Gasteiger partial charge >= 0.3 is 0 Å². The van der Waals surface area contributed by atoms with E-state index in [0.29, 0.717) is 0 Å². The second-order valence-electron chi connectivity index (χ2n) is 6.07. The van der Waals surface area contributed by atoms with Crippen molar-refractivity contribution in [3.05, 3.63) is 23.9 Å². The molecule has 0 amide bonds. The molecular weight excluding hydrogens is 250 g/mol. The van der Waals surface area contributed by atoms with Gasteiger partial charge in [0.2, 0.25) is 5.88 Å². The number of hydrogen-bond acceptors (Lipinski definition) is 4. The van der Waals surface area contributed by atoms with Crippen LogP contribution < -0.4 is 10.1 Å². The van der Waals surface area contributed by atoms with E-state index in [1.807, 2.05) is 6.07 Å². The number of likely N-dealkylation sites (tertiary alicyclic amines) is 1. The number of methoxy groups -OCH3 is 1. The first-order valence-corrected chi connectivity index (χ1v) is 7.79. The van der Waals surface area contributed by atoms with E-state index < -0.39 is 0 Å². The van der Waals surface area contributed by atoms with Crippen molar-refractivity contribution in [3.63, 3.8) is 0 Å². The van der Waals surface area contributed by atoms with Crippen LogP contribution in [0, 0.1) is 5.92 Å². The standard InChI is InChI=1S/C16H25N3O/c1-20-16-14(3-2-8-17-16)12-19-9-6-13(7-10-19)11-18-15-4-5-15/h2-3,8,13,15,18H,4-7,9-12H2,1H3. The minimum atomic E-state index is 0.769. The molecule has 20 heavy (non-hydrogen) atoms. The van der Waals surface area contributed by atoms with Crippen LogP contribution in [0.1, 0.15) is 31.2 Å². The minimum absolute atomic E-state index is 0.769. The van der Waals surface area contributed by atoms with Gasteiger partial charge in [0.15, 0.2) is 0 Å². The fraction of sp³-hybridized carbons (Fsp3) is 0.688. The smallest absolute Gasteiger partial charge is 0.217 e. The molecule has 2 heterocycles. The molecule has 1 saturated carbocycles. The number of hydrogen-bond donors (Lipinski definition) is 1. The van der Waals surface area contributed by atoms with Crippen molar-refractivity contribution in [2.75, 3.05) is 26.7 Å². The molecule has 0 radical (unpaired) electrons. The predicted molar refractivity (Wildman–Crippen MR) is 79.8 cm³/mol. The molecule has 4 heteroatoms. The molecule has 4 nitrogen and oxygen atoms in total. The van der Waals surface area contributed by atoms with Gasteiger partial charge in [-0.2, -0.15) is 0 Å². The monoisotopic (exact) mass is 275 g/mol. The molecule has 0 unspecified atom stereocenters. The average Bonchev–Trinajstić information content (AvgIpc) is 3.31. The largest absolute Gasteiger partial charge is 0.481 e. The van der Waals surface area contributed by atoms with Gasteiger partial charge in [-0.25, -0.2) is 4.98 Å². The first-order chi connectivity index (χ1) is 9.85. The lowest BCUT2D eigenvalue weighted by molar-refractivity contribution is 0.173. The summed E-state index contributed by atoms with van der Waals surface area (Å²) in [5.41, 5.74) is 1.20. The second kappa shape index (κ2) is 6.55. The quantitative estimate of drug-likeness (QED) is 0.862. The van der Waals surface area contributed by atoms with Crippen molar-refractivity contribution in [3.8, 4) is 5.88 Å². The zero-order valence-electron chi connectivity index (χ0n) is 12.3. The summed E-state index contributed by atoms with van der Waals surface area (Å²) in [7, 11) is 1.70. The molecule has 1 N–H and O–H groups in total. The van der Waals surface area contributed by atoms with Gasteiger partial charge in [-0.3, -0.25) is 4.90 Å². The molecule has 1 aliphatic carbocycles. The lowest BCUT2D eigenvalue weighted by atomic mass is 9.96. The Bertz CT molecular complexity index is 425. The number of nitrogens with one attached hydrogen (secondary N) is 1. The Hall–Kier alpha value is -1.13. The molecule has 0 bridgehead atoms. The Balaban J connectivity index is 1.45. The summed E-state index contributed by atoms with van der Waals surface area (Å²) in [6.07, 6.45) is 7.18. The lowest BCUT2D eigenvalue weighted by Gasteiger charge is -2.32. The van der Waals surface area contributed by atoms with E-state index in [1.54, 1.807) is 13.3 Å². The van der Waals surface area contributed by atoms with E-state index in [2.05, 4.69) is 21.3 Å². The van der Waals surface area contributed by atoms with Gasteiger partial charge in [0, 0.05) is 24.3 Å². The first kappa shape index (κ1) is 13.8. The fourth-order valence-corrected chi connectivity index (χ4v) is 2.94. The van der Waals surface area contributed by atoms with E-state index in [4.69, 9.17) is 4.74 Å². The van der Waals surface area contributed by atoms with Crippen LogP contribution >= 0.6 is 0 Å². The molecular formula is C16H25N3O. The summed E-state index contributed by atoms with van der Waals surface area (Å²) in [4.78, 5) is 6.80. The summed E-state index contributed by atoms with van der Waals surface area (Å²) in [5, 5.41) is 3.66. The van der Waals surface area contributed by atoms with Crippen LogP contribution in [0.2, 0.25) is 0 Å². The number of piperidine rings is 1. The molecule has 1 aromatic heterocycles. The highest BCUT2D eigenvalue weighted by molar-refractivity contribution is 5.25. The maximum atomic E-state index is 5.33. The molecule has 110 valence electrons. The van der Waals surface area contributed by atoms with Crippen LogP contribution in [-0.4, -0.2) is 42.7 Å². The number of pyridine rings is 1. The van der Waals surface area contributed by atoms with Gasteiger partial charge in [-0.05, 0) is 57.3 Å². The van der Waals surface area contributed by atoms with Crippen molar-refractivity contribution in [1.29, 1.82) is 0 Å². The molecule has 0 spiro atoms. The van der Waals surface area contributed by atoms with Crippen LogP contribution in [0.5, 0.6) is 5.88 Å². The van der Waals surface area contributed by atoms with Crippen molar-refractivity contribution in [2.24, 2.45) is 5.92 Å². The third-order valence-corrected chi connectivity index (χ3v) is 4.42. The van der Waals surface area contributed by atoms with Gasteiger partial charge < -0.3 is 10.1 Å². The van der Waals surface area contributed by atoms with E-state index in [9.17, 15) is 0 Å². The molecule has 0 aromatic carbocycles. The number of ether oxygens (including phenoxy) is 1. The first-order valence-electron chi connectivity index (χ1n) is 7.79. The van der Waals surface area contributed by atoms with Crippen LogP contribution in [0.15, 0.2) is 18.3 Å². The number of aromatic nitrogens is 1. The van der Waals surface area contributed by atoms with Gasteiger partial charge in [-0.1, -0.05) is 6.07 Å². The highest BCUT2D eigenvalue weighted by Gasteiger charge is 2.24. The van der Waals surface area contributed by atoms with Crippen LogP contribution in [0.25, 0.3) is 0 Å². The van der Waals surface area contributed by atoms with Crippen molar-refractivity contribution < 1.29 is 4.74 Å². The Kier molecular flexibility index (Phi) is 4.53. The van der Waals surface area contributed by atoms with Crippen LogP contribution in [-0.2, 0) is 6.54 Å². The molecule has 0 atom stereocenters. The molecule has 1 saturated heterocycles. The Morgan fingerprint density at radius 3 is 2.80 bits per heavy atom. The molecule has 2 fully saturated rings. The van der Waals surface area contributed by atoms with Crippen LogP contribution in [0.4, 0.5) is 0 Å². The third kappa shape index (κ3) is 3.70. The van der Waals surface area contributed by atoms with Gasteiger partial charge in [0.1, 0.15) is 0 Å². The lowest BCUT2D eigenvalue weighted by Crippen LogP contribution is -2.37. The molecule has 1 aliphatic heterocycles. The predicted octanol–water partition coefficient (Wildman–Crippen LogP) is 2.05. The SMILES string of the molecule is COc1ncccc1CN1CCC(CNC2CC2)CC1. The fourth-order valence-electron chi connectivity index (χ4n) is 2.94. The molecule has 3 rings (SSSR count). The molecule has 1 aromatic rings. The normalized spacial score (nSPS) is 21.1. The highest BCUT2D eigenvalue weighted by Crippen LogP contribution is 2.23. The number of nitrogens with zero attached hydrogens (tertiary/aromatic N) is 2. The van der Waals surface area contributed by atoms with Gasteiger partial charge in [0.05, 0.1) is 7.11 Å². The summed E-state index contributed by atoms with van der Waals surface area (Å²) < 4.78 is 5.33. The summed E-state index contributed by atoms with van der Waals surface area (Å²) in [6, 6.07) is 4.95. The van der Waals surface area contributed by atoms with Crippen molar-refractivity contribution in [2.45, 2.75) is 38.3 Å². The summed E-state index contributed by atoms with van der Waals surface area (Å²) in [5.74, 6) is 1.63. The zero-order chi connectivity index (χ0) is 13.8.